The molecule has 1 saturated carbocycles. The van der Waals surface area contributed by atoms with Crippen molar-refractivity contribution in [3.8, 4) is 5.75 Å². The van der Waals surface area contributed by atoms with E-state index >= 15 is 0 Å². The summed E-state index contributed by atoms with van der Waals surface area (Å²) >= 11 is 10.3. The highest BCUT2D eigenvalue weighted by Gasteiger charge is 2.22. The SMILES string of the molecule is O=[N+]([O-])c1cc(Br)c(OCCCCO[C@@H]2CCCC[C@H]2Br)c(Br)c1. The molecule has 1 fully saturated rings. The molecular weight excluding hydrogens is 510 g/mol. The predicted molar refractivity (Wildman–Crippen MR) is 104 cm³/mol. The van der Waals surface area contributed by atoms with Crippen LogP contribution in [0.2, 0.25) is 0 Å². The minimum Gasteiger partial charge on any atom is -0.491 e. The zero-order valence-electron chi connectivity index (χ0n) is 13.2. The van der Waals surface area contributed by atoms with Crippen molar-refractivity contribution in [2.24, 2.45) is 0 Å². The lowest BCUT2D eigenvalue weighted by Crippen LogP contribution is -2.28. The first-order valence-electron chi connectivity index (χ1n) is 8.01. The highest BCUT2D eigenvalue weighted by molar-refractivity contribution is 9.11. The number of hydrogen-bond donors (Lipinski definition) is 0. The normalized spacial score (nSPS) is 20.8. The lowest BCUT2D eigenvalue weighted by atomic mass is 9.97. The first kappa shape index (κ1) is 20.1. The highest BCUT2D eigenvalue weighted by atomic mass is 79.9. The Kier molecular flexibility index (Phi) is 8.46. The second-order valence-electron chi connectivity index (χ2n) is 5.76. The van der Waals surface area contributed by atoms with Gasteiger partial charge in [-0.05, 0) is 57.5 Å². The number of ether oxygens (including phenoxy) is 2. The zero-order valence-corrected chi connectivity index (χ0v) is 17.9. The molecule has 1 aromatic rings. The number of alkyl halides is 1. The van der Waals surface area contributed by atoms with Crippen molar-refractivity contribution in [1.29, 1.82) is 0 Å². The van der Waals surface area contributed by atoms with Crippen LogP contribution in [0.1, 0.15) is 38.5 Å². The van der Waals surface area contributed by atoms with Gasteiger partial charge in [-0.25, -0.2) is 0 Å². The van der Waals surface area contributed by atoms with Gasteiger partial charge in [0, 0.05) is 23.6 Å². The van der Waals surface area contributed by atoms with Gasteiger partial charge in [0.15, 0.2) is 0 Å². The number of nitro groups is 1. The Bertz CT molecular complexity index is 547. The molecule has 2 atom stereocenters. The van der Waals surface area contributed by atoms with Crippen molar-refractivity contribution in [2.75, 3.05) is 13.2 Å². The lowest BCUT2D eigenvalue weighted by Gasteiger charge is -2.27. The second-order valence-corrected chi connectivity index (χ2v) is 8.65. The van der Waals surface area contributed by atoms with E-state index in [1.165, 1.54) is 31.4 Å². The van der Waals surface area contributed by atoms with Gasteiger partial charge in [0.1, 0.15) is 5.75 Å². The Labute approximate surface area is 167 Å². The molecule has 0 radical (unpaired) electrons. The van der Waals surface area contributed by atoms with E-state index in [4.69, 9.17) is 9.47 Å². The number of non-ortho nitro benzene ring substituents is 1. The first-order chi connectivity index (χ1) is 11.5. The molecular formula is C16H20Br3NO4. The summed E-state index contributed by atoms with van der Waals surface area (Å²) in [6, 6.07) is 2.89. The van der Waals surface area contributed by atoms with E-state index in [-0.39, 0.29) is 5.69 Å². The van der Waals surface area contributed by atoms with E-state index in [2.05, 4.69) is 47.8 Å². The summed E-state index contributed by atoms with van der Waals surface area (Å²) in [5, 5.41) is 10.8. The van der Waals surface area contributed by atoms with E-state index in [1.807, 2.05) is 0 Å². The third-order valence-electron chi connectivity index (χ3n) is 3.93. The number of nitrogens with zero attached hydrogens (tertiary/aromatic N) is 1. The van der Waals surface area contributed by atoms with Crippen LogP contribution in [0.3, 0.4) is 0 Å². The van der Waals surface area contributed by atoms with Crippen LogP contribution in [-0.4, -0.2) is 29.1 Å². The molecule has 1 aliphatic carbocycles. The largest absolute Gasteiger partial charge is 0.491 e. The lowest BCUT2D eigenvalue weighted by molar-refractivity contribution is -0.385. The second kappa shape index (κ2) is 10.1. The number of unbranched alkanes of at least 4 members (excludes halogenated alkanes) is 1. The van der Waals surface area contributed by atoms with Crippen molar-refractivity contribution < 1.29 is 14.4 Å². The maximum Gasteiger partial charge on any atom is 0.271 e. The Balaban J connectivity index is 1.70. The molecule has 2 rings (SSSR count). The van der Waals surface area contributed by atoms with Gasteiger partial charge >= 0.3 is 0 Å². The Morgan fingerprint density at radius 2 is 1.75 bits per heavy atom. The average molecular weight is 530 g/mol. The average Bonchev–Trinajstić information content (AvgIpc) is 2.54. The van der Waals surface area contributed by atoms with Crippen LogP contribution in [-0.2, 0) is 4.74 Å². The number of nitro benzene ring substituents is 1. The molecule has 0 saturated heterocycles. The quantitative estimate of drug-likeness (QED) is 0.179. The molecule has 8 heteroatoms. The Hall–Kier alpha value is -0.180. The van der Waals surface area contributed by atoms with E-state index in [0.29, 0.717) is 32.2 Å². The topological polar surface area (TPSA) is 61.6 Å². The van der Waals surface area contributed by atoms with Gasteiger partial charge in [0.2, 0.25) is 0 Å². The van der Waals surface area contributed by atoms with Crippen LogP contribution in [0.4, 0.5) is 5.69 Å². The zero-order chi connectivity index (χ0) is 17.5. The maximum atomic E-state index is 10.8. The number of hydrogen-bond acceptors (Lipinski definition) is 4. The molecule has 5 nitrogen and oxygen atoms in total. The van der Waals surface area contributed by atoms with Gasteiger partial charge in [-0.1, -0.05) is 28.8 Å². The summed E-state index contributed by atoms with van der Waals surface area (Å²) in [6.07, 6.45) is 6.98. The summed E-state index contributed by atoms with van der Waals surface area (Å²) in [6.45, 7) is 1.28. The van der Waals surface area contributed by atoms with E-state index in [9.17, 15) is 10.1 Å². The van der Waals surface area contributed by atoms with Crippen LogP contribution in [0.15, 0.2) is 21.1 Å². The fourth-order valence-corrected chi connectivity index (χ4v) is 4.77. The van der Waals surface area contributed by atoms with Crippen LogP contribution in [0.25, 0.3) is 0 Å². The number of rotatable bonds is 8. The van der Waals surface area contributed by atoms with Crippen molar-refractivity contribution in [3.05, 3.63) is 31.2 Å². The molecule has 0 bridgehead atoms. The Morgan fingerprint density at radius 3 is 2.38 bits per heavy atom. The summed E-state index contributed by atoms with van der Waals surface area (Å²) < 4.78 is 12.8. The van der Waals surface area contributed by atoms with Crippen LogP contribution in [0.5, 0.6) is 5.75 Å². The Morgan fingerprint density at radius 1 is 1.12 bits per heavy atom. The van der Waals surface area contributed by atoms with E-state index in [1.54, 1.807) is 0 Å². The molecule has 134 valence electrons. The van der Waals surface area contributed by atoms with Crippen LogP contribution in [0, 0.1) is 10.1 Å². The first-order valence-corrected chi connectivity index (χ1v) is 10.5. The molecule has 0 N–H and O–H groups in total. The smallest absolute Gasteiger partial charge is 0.271 e. The summed E-state index contributed by atoms with van der Waals surface area (Å²) in [7, 11) is 0. The maximum absolute atomic E-state index is 10.8. The number of benzene rings is 1. The van der Waals surface area contributed by atoms with Crippen molar-refractivity contribution in [1.82, 2.24) is 0 Å². The molecule has 0 aromatic heterocycles. The van der Waals surface area contributed by atoms with Crippen LogP contribution >= 0.6 is 47.8 Å². The molecule has 0 amide bonds. The van der Waals surface area contributed by atoms with Crippen molar-refractivity contribution in [3.63, 3.8) is 0 Å². The molecule has 1 aliphatic rings. The van der Waals surface area contributed by atoms with E-state index in [0.717, 1.165) is 25.9 Å². The monoisotopic (exact) mass is 527 g/mol. The van der Waals surface area contributed by atoms with Crippen LogP contribution < -0.4 is 4.74 Å². The van der Waals surface area contributed by atoms with Gasteiger partial charge in [0.05, 0.1) is 26.6 Å². The molecule has 0 unspecified atom stereocenters. The fraction of sp³-hybridized carbons (Fsp3) is 0.625. The molecule has 1 aromatic carbocycles. The fourth-order valence-electron chi connectivity index (χ4n) is 2.64. The predicted octanol–water partition coefficient (Wildman–Crippen LogP) is 6.00. The third-order valence-corrected chi connectivity index (χ3v) is 6.16. The summed E-state index contributed by atoms with van der Waals surface area (Å²) in [5.41, 5.74) is 0.0197. The molecule has 0 heterocycles. The van der Waals surface area contributed by atoms with Gasteiger partial charge in [-0.3, -0.25) is 10.1 Å². The van der Waals surface area contributed by atoms with Gasteiger partial charge in [0.25, 0.3) is 5.69 Å². The molecule has 0 aliphatic heterocycles. The summed E-state index contributed by atoms with van der Waals surface area (Å²) in [5.74, 6) is 0.592. The van der Waals surface area contributed by atoms with Gasteiger partial charge < -0.3 is 9.47 Å². The van der Waals surface area contributed by atoms with Gasteiger partial charge in [-0.15, -0.1) is 0 Å². The van der Waals surface area contributed by atoms with E-state index < -0.39 is 4.92 Å². The molecule has 0 spiro atoms. The van der Waals surface area contributed by atoms with Gasteiger partial charge in [-0.2, -0.15) is 0 Å². The number of halogens is 3. The highest BCUT2D eigenvalue weighted by Crippen LogP contribution is 2.37. The summed E-state index contributed by atoms with van der Waals surface area (Å²) in [4.78, 5) is 10.9. The minimum absolute atomic E-state index is 0.0197. The van der Waals surface area contributed by atoms with Crippen molar-refractivity contribution >= 4 is 53.5 Å². The van der Waals surface area contributed by atoms with Crippen molar-refractivity contribution in [2.45, 2.75) is 49.5 Å². The third kappa shape index (κ3) is 5.97. The minimum atomic E-state index is -0.432. The standard InChI is InChI=1S/C16H20Br3NO4/c17-12-5-1-2-6-15(12)23-7-3-4-8-24-16-13(18)9-11(20(21)22)10-14(16)19/h9-10,12,15H,1-8H2/t12-,15-/m1/s1. The molecule has 24 heavy (non-hydrogen) atoms.